The molecular formula is C20H17ClN8O2. The monoisotopic (exact) mass is 436 g/mol. The van der Waals surface area contributed by atoms with Crippen molar-refractivity contribution in [3.8, 4) is 16.9 Å². The summed E-state index contributed by atoms with van der Waals surface area (Å²) in [6.45, 7) is 1.76. The van der Waals surface area contributed by atoms with Gasteiger partial charge >= 0.3 is 5.97 Å². The fraction of sp³-hybridized carbons (Fsp3) is 0.100. The second-order valence-corrected chi connectivity index (χ2v) is 6.84. The second-order valence-electron chi connectivity index (χ2n) is 6.43. The van der Waals surface area contributed by atoms with Gasteiger partial charge in [0.1, 0.15) is 11.5 Å². The zero-order chi connectivity index (χ0) is 22.0. The molecule has 4 aromatic rings. The fourth-order valence-corrected chi connectivity index (χ4v) is 3.11. The normalized spacial score (nSPS) is 11.2. The minimum Gasteiger partial charge on any atom is -0.465 e. The Kier molecular flexibility index (Phi) is 5.46. The number of anilines is 1. The standard InChI is InChI=1S/C20H17ClN8O2/c1-11-23-20(26-24-11)27-25-17-16(14-5-3-4-6-15(14)21)28-29(18(17)22)13-9-7-12(8-10-13)19(30)31-2/h3-10H,22H2,1-2H3,(H,23,24,26). The van der Waals surface area contributed by atoms with Crippen molar-refractivity contribution in [3.63, 3.8) is 0 Å². The van der Waals surface area contributed by atoms with Gasteiger partial charge in [-0.2, -0.15) is 10.1 Å². The molecular weight excluding hydrogens is 420 g/mol. The van der Waals surface area contributed by atoms with Gasteiger partial charge in [-0.25, -0.2) is 9.48 Å². The number of nitrogens with zero attached hydrogens (tertiary/aromatic N) is 6. The number of methoxy groups -OCH3 is 1. The molecule has 2 aromatic heterocycles. The Morgan fingerprint density at radius 1 is 1.16 bits per heavy atom. The summed E-state index contributed by atoms with van der Waals surface area (Å²) in [5.41, 5.74) is 8.80. The number of aromatic nitrogens is 5. The third-order valence-electron chi connectivity index (χ3n) is 4.38. The first-order chi connectivity index (χ1) is 15.0. The summed E-state index contributed by atoms with van der Waals surface area (Å²) in [6, 6.07) is 13.8. The SMILES string of the molecule is COC(=O)c1ccc(-n2nc(-c3ccccc3Cl)c(N=Nc3n[nH]c(C)n3)c2N)cc1. The Morgan fingerprint density at radius 2 is 1.90 bits per heavy atom. The first kappa shape index (κ1) is 20.2. The van der Waals surface area contributed by atoms with E-state index >= 15 is 0 Å². The molecule has 156 valence electrons. The highest BCUT2D eigenvalue weighted by Crippen LogP contribution is 2.39. The summed E-state index contributed by atoms with van der Waals surface area (Å²) in [6.07, 6.45) is 0. The number of ether oxygens (including phenoxy) is 1. The van der Waals surface area contributed by atoms with Crippen LogP contribution in [0.5, 0.6) is 0 Å². The van der Waals surface area contributed by atoms with Crippen LogP contribution < -0.4 is 5.73 Å². The van der Waals surface area contributed by atoms with Crippen molar-refractivity contribution in [1.29, 1.82) is 0 Å². The van der Waals surface area contributed by atoms with E-state index in [0.717, 1.165) is 0 Å². The van der Waals surface area contributed by atoms with Gasteiger partial charge in [0.25, 0.3) is 5.95 Å². The van der Waals surface area contributed by atoms with Gasteiger partial charge in [0, 0.05) is 5.56 Å². The highest BCUT2D eigenvalue weighted by Gasteiger charge is 2.20. The van der Waals surface area contributed by atoms with Gasteiger partial charge in [0.15, 0.2) is 11.5 Å². The molecule has 0 saturated carbocycles. The van der Waals surface area contributed by atoms with E-state index in [-0.39, 0.29) is 11.8 Å². The average molecular weight is 437 g/mol. The molecule has 0 amide bonds. The Bertz CT molecular complexity index is 1280. The van der Waals surface area contributed by atoms with E-state index in [1.807, 2.05) is 18.2 Å². The number of halogens is 1. The number of rotatable bonds is 5. The van der Waals surface area contributed by atoms with E-state index in [1.165, 1.54) is 11.8 Å². The number of nitrogens with one attached hydrogen (secondary N) is 1. The molecule has 0 aliphatic carbocycles. The van der Waals surface area contributed by atoms with Gasteiger partial charge in [-0.15, -0.1) is 15.3 Å². The Balaban J connectivity index is 1.83. The van der Waals surface area contributed by atoms with E-state index in [0.29, 0.717) is 39.0 Å². The summed E-state index contributed by atoms with van der Waals surface area (Å²) in [7, 11) is 1.32. The maximum Gasteiger partial charge on any atom is 0.337 e. The molecule has 4 rings (SSSR count). The summed E-state index contributed by atoms with van der Waals surface area (Å²) in [5, 5.41) is 20.1. The van der Waals surface area contributed by atoms with Crippen LogP contribution in [-0.4, -0.2) is 38.0 Å². The van der Waals surface area contributed by atoms with Crippen molar-refractivity contribution in [3.05, 3.63) is 64.9 Å². The molecule has 2 aromatic carbocycles. The van der Waals surface area contributed by atoms with Gasteiger partial charge < -0.3 is 10.5 Å². The summed E-state index contributed by atoms with van der Waals surface area (Å²) in [4.78, 5) is 15.8. The fourth-order valence-electron chi connectivity index (χ4n) is 2.88. The van der Waals surface area contributed by atoms with Crippen LogP contribution in [0, 0.1) is 6.92 Å². The lowest BCUT2D eigenvalue weighted by Crippen LogP contribution is -2.04. The number of aromatic amines is 1. The molecule has 0 unspecified atom stereocenters. The number of nitrogen functional groups attached to an aromatic ring is 1. The van der Waals surface area contributed by atoms with E-state index in [4.69, 9.17) is 22.1 Å². The predicted octanol–water partition coefficient (Wildman–Crippen LogP) is 4.40. The smallest absolute Gasteiger partial charge is 0.337 e. The van der Waals surface area contributed by atoms with Crippen molar-refractivity contribution in [2.75, 3.05) is 12.8 Å². The van der Waals surface area contributed by atoms with Crippen molar-refractivity contribution in [2.24, 2.45) is 10.2 Å². The highest BCUT2D eigenvalue weighted by molar-refractivity contribution is 6.33. The van der Waals surface area contributed by atoms with Crippen molar-refractivity contribution < 1.29 is 9.53 Å². The topological polar surface area (TPSA) is 136 Å². The van der Waals surface area contributed by atoms with Crippen LogP contribution in [-0.2, 0) is 4.74 Å². The minimum atomic E-state index is -0.437. The number of hydrogen-bond acceptors (Lipinski definition) is 8. The number of H-pyrrole nitrogens is 1. The number of azo groups is 1. The maximum absolute atomic E-state index is 11.7. The van der Waals surface area contributed by atoms with Crippen LogP contribution in [0.4, 0.5) is 17.5 Å². The molecule has 0 radical (unpaired) electrons. The first-order valence-electron chi connectivity index (χ1n) is 9.11. The third-order valence-corrected chi connectivity index (χ3v) is 4.71. The number of benzene rings is 2. The molecule has 11 heteroatoms. The van der Waals surface area contributed by atoms with Crippen molar-refractivity contribution >= 4 is 35.0 Å². The molecule has 3 N–H and O–H groups in total. The Morgan fingerprint density at radius 3 is 2.55 bits per heavy atom. The third kappa shape index (κ3) is 4.01. The number of aryl methyl sites for hydroxylation is 1. The van der Waals surface area contributed by atoms with Gasteiger partial charge in [-0.1, -0.05) is 29.8 Å². The van der Waals surface area contributed by atoms with Gasteiger partial charge in [0.2, 0.25) is 0 Å². The van der Waals surface area contributed by atoms with Crippen LogP contribution in [0.15, 0.2) is 58.8 Å². The summed E-state index contributed by atoms with van der Waals surface area (Å²) >= 11 is 6.39. The van der Waals surface area contributed by atoms with E-state index in [9.17, 15) is 4.79 Å². The number of hydrogen-bond donors (Lipinski definition) is 2. The molecule has 31 heavy (non-hydrogen) atoms. The number of carbonyl (C=O) groups excluding carboxylic acids is 1. The largest absolute Gasteiger partial charge is 0.465 e. The summed E-state index contributed by atoms with van der Waals surface area (Å²) < 4.78 is 6.23. The van der Waals surface area contributed by atoms with Crippen LogP contribution in [0.25, 0.3) is 16.9 Å². The molecule has 0 bridgehead atoms. The van der Waals surface area contributed by atoms with E-state index in [1.54, 1.807) is 37.3 Å². The Hall–Kier alpha value is -4.05. The molecule has 0 spiro atoms. The van der Waals surface area contributed by atoms with Gasteiger partial charge in [0.05, 0.1) is 23.4 Å². The molecule has 0 fully saturated rings. The molecule has 0 aliphatic rings. The van der Waals surface area contributed by atoms with Crippen LogP contribution in [0.3, 0.4) is 0 Å². The zero-order valence-electron chi connectivity index (χ0n) is 16.6. The molecule has 0 saturated heterocycles. The van der Waals surface area contributed by atoms with E-state index < -0.39 is 5.97 Å². The lowest BCUT2D eigenvalue weighted by atomic mass is 10.1. The predicted molar refractivity (Wildman–Crippen MR) is 115 cm³/mol. The lowest BCUT2D eigenvalue weighted by molar-refractivity contribution is 0.0600. The molecule has 2 heterocycles. The summed E-state index contributed by atoms with van der Waals surface area (Å²) in [5.74, 6) is 0.566. The van der Waals surface area contributed by atoms with E-state index in [2.05, 4.69) is 30.5 Å². The van der Waals surface area contributed by atoms with Crippen LogP contribution >= 0.6 is 11.6 Å². The molecule has 0 atom stereocenters. The minimum absolute atomic E-state index is 0.164. The average Bonchev–Trinajstić information content (AvgIpc) is 3.34. The second kappa shape index (κ2) is 8.36. The van der Waals surface area contributed by atoms with Crippen LogP contribution in [0.1, 0.15) is 16.2 Å². The quantitative estimate of drug-likeness (QED) is 0.351. The molecule has 10 nitrogen and oxygen atoms in total. The number of esters is 1. The van der Waals surface area contributed by atoms with Gasteiger partial charge in [-0.3, -0.25) is 5.10 Å². The maximum atomic E-state index is 11.7. The number of nitrogens with two attached hydrogens (primary N) is 1. The van der Waals surface area contributed by atoms with Crippen LogP contribution in [0.2, 0.25) is 5.02 Å². The zero-order valence-corrected chi connectivity index (χ0v) is 17.3. The lowest BCUT2D eigenvalue weighted by Gasteiger charge is -2.05. The highest BCUT2D eigenvalue weighted by atomic mass is 35.5. The van der Waals surface area contributed by atoms with Gasteiger partial charge in [-0.05, 0) is 37.3 Å². The van der Waals surface area contributed by atoms with Crippen molar-refractivity contribution in [1.82, 2.24) is 25.0 Å². The number of carbonyl (C=O) groups is 1. The Labute approximate surface area is 181 Å². The van der Waals surface area contributed by atoms with Crippen molar-refractivity contribution in [2.45, 2.75) is 6.92 Å². The first-order valence-corrected chi connectivity index (χ1v) is 9.48. The molecule has 0 aliphatic heterocycles.